The van der Waals surface area contributed by atoms with E-state index in [-0.39, 0.29) is 29.1 Å². The molecule has 11 heteroatoms. The molecule has 2 unspecified atom stereocenters. The lowest BCUT2D eigenvalue weighted by Crippen LogP contribution is -2.46. The van der Waals surface area contributed by atoms with Crippen LogP contribution in [0.4, 0.5) is 0 Å². The molecular formula is C23H20Cl3N5O3. The average molecular weight is 522 g/mol. The number of hydrogen-bond acceptors (Lipinski definition) is 6. The number of ether oxygens (including phenoxy) is 1. The van der Waals surface area contributed by atoms with Crippen molar-refractivity contribution >= 4 is 46.4 Å². The van der Waals surface area contributed by atoms with Crippen molar-refractivity contribution in [2.24, 2.45) is 5.89 Å². The number of likely N-dealkylation sites (N-methyl/N-ethyl adjacent to an activating group) is 1. The van der Waals surface area contributed by atoms with Gasteiger partial charge in [-0.25, -0.2) is 4.98 Å². The van der Waals surface area contributed by atoms with E-state index < -0.39 is 12.0 Å². The third-order valence-corrected chi connectivity index (χ3v) is 6.45. The number of aryl methyl sites for hydroxylation is 1. The summed E-state index contributed by atoms with van der Waals surface area (Å²) in [6, 6.07) is 4.99. The summed E-state index contributed by atoms with van der Waals surface area (Å²) in [5, 5.41) is 5.14. The second-order valence-corrected chi connectivity index (χ2v) is 9.54. The van der Waals surface area contributed by atoms with Gasteiger partial charge in [-0.3, -0.25) is 4.79 Å². The number of carbonyl (C=O) groups is 1. The van der Waals surface area contributed by atoms with Gasteiger partial charge in [0.05, 0.1) is 21.6 Å². The summed E-state index contributed by atoms with van der Waals surface area (Å²) in [6.45, 7) is 3.86. The van der Waals surface area contributed by atoms with Gasteiger partial charge in [0, 0.05) is 38.3 Å². The molecule has 0 bridgehead atoms. The van der Waals surface area contributed by atoms with E-state index >= 15 is 0 Å². The molecule has 1 fully saturated rings. The van der Waals surface area contributed by atoms with Gasteiger partial charge in [0.15, 0.2) is 5.65 Å². The van der Waals surface area contributed by atoms with Gasteiger partial charge in [-0.05, 0) is 31.0 Å². The summed E-state index contributed by atoms with van der Waals surface area (Å²) < 4.78 is 21.5. The van der Waals surface area contributed by atoms with Crippen molar-refractivity contribution in [3.8, 4) is 28.7 Å². The maximum absolute atomic E-state index is 12.2. The van der Waals surface area contributed by atoms with Gasteiger partial charge in [-0.2, -0.15) is 4.98 Å². The third kappa shape index (κ3) is 4.21. The van der Waals surface area contributed by atoms with Crippen LogP contribution in [0.5, 0.6) is 5.75 Å². The minimum atomic E-state index is -1.27. The van der Waals surface area contributed by atoms with Gasteiger partial charge in [0.2, 0.25) is 11.7 Å². The molecule has 176 valence electrons. The normalized spacial score (nSPS) is 21.2. The molecule has 2 atom stereocenters. The number of halogens is 3. The zero-order valence-electron chi connectivity index (χ0n) is 19.5. The van der Waals surface area contributed by atoms with Crippen LogP contribution in [0.25, 0.3) is 28.6 Å². The summed E-state index contributed by atoms with van der Waals surface area (Å²) in [4.78, 5) is 22.6. The Morgan fingerprint density at radius 2 is 1.94 bits per heavy atom. The highest BCUT2D eigenvalue weighted by Gasteiger charge is 2.31. The van der Waals surface area contributed by atoms with Gasteiger partial charge in [0.25, 0.3) is 5.89 Å². The number of carbonyl (C=O) groups excluding carboxylic acids is 1. The lowest BCUT2D eigenvalue weighted by Gasteiger charge is -2.33. The van der Waals surface area contributed by atoms with Crippen molar-refractivity contribution in [3.05, 3.63) is 51.2 Å². The maximum Gasteiger partial charge on any atom is 0.278 e. The van der Waals surface area contributed by atoms with Crippen molar-refractivity contribution in [2.45, 2.75) is 26.4 Å². The van der Waals surface area contributed by atoms with Gasteiger partial charge in [-0.1, -0.05) is 46.9 Å². The number of rotatable bonds is 4. The Kier molecular flexibility index (Phi) is 5.59. The van der Waals surface area contributed by atoms with Gasteiger partial charge in [-0.15, -0.1) is 0 Å². The van der Waals surface area contributed by atoms with Crippen molar-refractivity contribution in [1.29, 1.82) is 0 Å². The Balaban J connectivity index is 1.41. The van der Waals surface area contributed by atoms with Crippen LogP contribution in [-0.2, 0) is 4.79 Å². The number of hydrogen-bond donors (Lipinski definition) is 0. The number of benzene rings is 1. The molecule has 4 aromatic rings. The molecular weight excluding hydrogens is 501 g/mol. The summed E-state index contributed by atoms with van der Waals surface area (Å²) >= 11 is 19.3. The number of aromatic nitrogens is 4. The summed E-state index contributed by atoms with van der Waals surface area (Å²) in [6.07, 6.45) is 3.49. The van der Waals surface area contributed by atoms with Crippen molar-refractivity contribution < 1.29 is 15.4 Å². The van der Waals surface area contributed by atoms with E-state index in [0.29, 0.717) is 39.2 Å². The molecule has 0 aliphatic carbocycles. The second-order valence-electron chi connectivity index (χ2n) is 8.32. The molecule has 34 heavy (non-hydrogen) atoms. The minimum Gasteiger partial charge on any atom is -0.487 e. The molecule has 0 spiro atoms. The van der Waals surface area contributed by atoms with Gasteiger partial charge < -0.3 is 18.6 Å². The number of piperidine rings is 1. The molecule has 1 aliphatic rings. The largest absolute Gasteiger partial charge is 0.487 e. The summed E-state index contributed by atoms with van der Waals surface area (Å²) in [7, 11) is 1.65. The van der Waals surface area contributed by atoms with E-state index in [1.165, 1.54) is 4.90 Å². The number of imidazole rings is 1. The topological polar surface area (TPSA) is 85.8 Å². The predicted octanol–water partition coefficient (Wildman–Crippen LogP) is 5.57. The van der Waals surface area contributed by atoms with Crippen LogP contribution in [-0.4, -0.2) is 50.0 Å². The molecule has 3 aromatic heterocycles. The molecule has 1 aliphatic heterocycles. The fourth-order valence-corrected chi connectivity index (χ4v) is 4.74. The van der Waals surface area contributed by atoms with E-state index in [9.17, 15) is 4.79 Å². The molecule has 0 saturated carbocycles. The first-order chi connectivity index (χ1) is 16.5. The van der Waals surface area contributed by atoms with Crippen LogP contribution in [0.15, 0.2) is 35.1 Å². The van der Waals surface area contributed by atoms with Crippen LogP contribution >= 0.6 is 34.8 Å². The van der Waals surface area contributed by atoms with E-state index in [1.807, 2.05) is 19.2 Å². The zero-order chi connectivity index (χ0) is 25.1. The highest BCUT2D eigenvalue weighted by molar-refractivity contribution is 6.36. The molecule has 1 aromatic carbocycles. The highest BCUT2D eigenvalue weighted by Crippen LogP contribution is 2.37. The van der Waals surface area contributed by atoms with Gasteiger partial charge in [0.1, 0.15) is 17.5 Å². The number of nitrogens with zero attached hydrogens (tertiary/aromatic N) is 5. The molecule has 1 amide bonds. The first kappa shape index (κ1) is 21.7. The molecule has 0 radical (unpaired) electrons. The Morgan fingerprint density at radius 3 is 2.71 bits per heavy atom. The monoisotopic (exact) mass is 520 g/mol. The molecule has 8 nitrogen and oxygen atoms in total. The quantitative estimate of drug-likeness (QED) is 0.349. The standard InChI is InChI=1S/C23H20Cl3N5O3/c1-11-4-17(26)21-27-18(10-31(21)8-11)22-28-20(29-34-22)14-6-16(25)19(7-15(14)24)33-13-5-12(2)23(32)30(3)9-13/h4,6-8,10,12-13H,5,9H2,1-3H3/i12D. The van der Waals surface area contributed by atoms with Crippen LogP contribution in [0.1, 0.15) is 20.3 Å². The number of likely N-dealkylation sites (tertiary alicyclic amines) is 1. The summed E-state index contributed by atoms with van der Waals surface area (Å²) in [5.74, 6) is -0.727. The molecule has 0 N–H and O–H groups in total. The Morgan fingerprint density at radius 1 is 1.15 bits per heavy atom. The van der Waals surface area contributed by atoms with Crippen molar-refractivity contribution in [1.82, 2.24) is 24.4 Å². The van der Waals surface area contributed by atoms with E-state index in [1.54, 1.807) is 36.7 Å². The van der Waals surface area contributed by atoms with Crippen LogP contribution in [0.3, 0.4) is 0 Å². The second kappa shape index (κ2) is 8.76. The maximum atomic E-state index is 12.2. The zero-order valence-corrected chi connectivity index (χ0v) is 20.7. The van der Waals surface area contributed by atoms with Crippen molar-refractivity contribution in [3.63, 3.8) is 0 Å². The van der Waals surface area contributed by atoms with E-state index in [0.717, 1.165) is 5.56 Å². The predicted molar refractivity (Wildman–Crippen MR) is 130 cm³/mol. The summed E-state index contributed by atoms with van der Waals surface area (Å²) in [5.41, 5.74) is 2.49. The SMILES string of the molecule is [2H]C1(C)CC(Oc2cc(Cl)c(-c3noc(-c4cn5cc(C)cc(Cl)c5n4)n3)cc2Cl)CN(C)C1=O. The van der Waals surface area contributed by atoms with Crippen LogP contribution in [0.2, 0.25) is 15.1 Å². The smallest absolute Gasteiger partial charge is 0.278 e. The number of pyridine rings is 1. The lowest BCUT2D eigenvalue weighted by atomic mass is 9.97. The first-order valence-electron chi connectivity index (χ1n) is 10.9. The number of amides is 1. The van der Waals surface area contributed by atoms with Crippen LogP contribution in [0, 0.1) is 12.8 Å². The first-order valence-corrected chi connectivity index (χ1v) is 11.6. The Hall–Kier alpha value is -2.81. The van der Waals surface area contributed by atoms with Gasteiger partial charge >= 0.3 is 0 Å². The fourth-order valence-electron chi connectivity index (χ4n) is 3.99. The average Bonchev–Trinajstić information content (AvgIpc) is 3.41. The molecule has 1 saturated heterocycles. The molecule has 4 heterocycles. The van der Waals surface area contributed by atoms with Crippen LogP contribution < -0.4 is 4.74 Å². The van der Waals surface area contributed by atoms with Crippen molar-refractivity contribution in [2.75, 3.05) is 13.6 Å². The number of fused-ring (bicyclic) bond motifs is 1. The fraction of sp³-hybridized carbons (Fsp3) is 0.304. The lowest BCUT2D eigenvalue weighted by molar-refractivity contribution is -0.139. The molecule has 5 rings (SSSR count). The minimum absolute atomic E-state index is 0.203. The third-order valence-electron chi connectivity index (χ3n) is 5.57. The Bertz CT molecular complexity index is 1470. The van der Waals surface area contributed by atoms with E-state index in [4.69, 9.17) is 45.4 Å². The van der Waals surface area contributed by atoms with E-state index in [2.05, 4.69) is 15.1 Å². The highest BCUT2D eigenvalue weighted by atomic mass is 35.5. The Labute approximate surface area is 211 Å².